The van der Waals surface area contributed by atoms with Crippen LogP contribution in [0.4, 0.5) is 0 Å². The van der Waals surface area contributed by atoms with Gasteiger partial charge >= 0.3 is 0 Å². The van der Waals surface area contributed by atoms with Crippen LogP contribution in [0.2, 0.25) is 0 Å². The summed E-state index contributed by atoms with van der Waals surface area (Å²) in [5, 5.41) is 0. The second-order valence-corrected chi connectivity index (χ2v) is 6.99. The molecule has 1 aliphatic heterocycles. The van der Waals surface area contributed by atoms with E-state index in [0.717, 1.165) is 17.9 Å². The smallest absolute Gasteiger partial charge is 0.123 e. The molecule has 1 aromatic carbocycles. The predicted molar refractivity (Wildman–Crippen MR) is 76.9 cm³/mol. The van der Waals surface area contributed by atoms with E-state index >= 15 is 0 Å². The van der Waals surface area contributed by atoms with Gasteiger partial charge in [-0.15, -0.1) is 0 Å². The van der Waals surface area contributed by atoms with Crippen molar-refractivity contribution < 1.29 is 9.47 Å². The lowest BCUT2D eigenvalue weighted by atomic mass is 9.59. The van der Waals surface area contributed by atoms with Gasteiger partial charge < -0.3 is 9.47 Å². The number of methoxy groups -OCH3 is 1. The summed E-state index contributed by atoms with van der Waals surface area (Å²) in [6.45, 7) is 7.08. The van der Waals surface area contributed by atoms with Crippen molar-refractivity contribution in [2.75, 3.05) is 7.11 Å². The van der Waals surface area contributed by atoms with Crippen LogP contribution >= 0.6 is 0 Å². The average molecular weight is 260 g/mol. The van der Waals surface area contributed by atoms with Crippen LogP contribution in [0.5, 0.6) is 11.5 Å². The van der Waals surface area contributed by atoms with E-state index in [1.54, 1.807) is 7.11 Å². The molecule has 0 radical (unpaired) electrons. The highest BCUT2D eigenvalue weighted by Gasteiger charge is 2.50. The van der Waals surface area contributed by atoms with Crippen LogP contribution in [0.1, 0.15) is 45.6 Å². The van der Waals surface area contributed by atoms with Gasteiger partial charge in [0.25, 0.3) is 0 Å². The van der Waals surface area contributed by atoms with Gasteiger partial charge in [-0.05, 0) is 61.8 Å². The fourth-order valence-corrected chi connectivity index (χ4v) is 4.10. The molecule has 1 aliphatic carbocycles. The maximum Gasteiger partial charge on any atom is 0.123 e. The first kappa shape index (κ1) is 12.8. The van der Waals surface area contributed by atoms with E-state index in [2.05, 4.69) is 32.9 Å². The van der Waals surface area contributed by atoms with E-state index in [9.17, 15) is 0 Å². The SMILES string of the molecule is COc1ccc2c(c1)CC1C(C)(C)CCCC1(C)O2. The fourth-order valence-electron chi connectivity index (χ4n) is 4.10. The zero-order valence-electron chi connectivity index (χ0n) is 12.5. The summed E-state index contributed by atoms with van der Waals surface area (Å²) in [4.78, 5) is 0. The molecule has 3 rings (SSSR count). The molecule has 19 heavy (non-hydrogen) atoms. The summed E-state index contributed by atoms with van der Waals surface area (Å²) in [6, 6.07) is 6.20. The Morgan fingerprint density at radius 1 is 1.21 bits per heavy atom. The molecule has 0 aromatic heterocycles. The lowest BCUT2D eigenvalue weighted by molar-refractivity contribution is -0.0816. The highest BCUT2D eigenvalue weighted by atomic mass is 16.5. The van der Waals surface area contributed by atoms with Gasteiger partial charge in [0.2, 0.25) is 0 Å². The van der Waals surface area contributed by atoms with Crippen molar-refractivity contribution in [1.29, 1.82) is 0 Å². The summed E-state index contributed by atoms with van der Waals surface area (Å²) in [5.41, 5.74) is 1.66. The summed E-state index contributed by atoms with van der Waals surface area (Å²) >= 11 is 0. The molecule has 1 heterocycles. The minimum Gasteiger partial charge on any atom is -0.497 e. The second kappa shape index (κ2) is 4.16. The molecule has 2 nitrogen and oxygen atoms in total. The van der Waals surface area contributed by atoms with Gasteiger partial charge in [0, 0.05) is 5.92 Å². The Labute approximate surface area is 116 Å². The van der Waals surface area contributed by atoms with Crippen molar-refractivity contribution in [2.45, 2.75) is 52.1 Å². The number of hydrogen-bond acceptors (Lipinski definition) is 2. The molecular formula is C17H24O2. The maximum atomic E-state index is 6.40. The van der Waals surface area contributed by atoms with E-state index in [0.29, 0.717) is 11.3 Å². The highest BCUT2D eigenvalue weighted by Crippen LogP contribution is 2.53. The van der Waals surface area contributed by atoms with Crippen LogP contribution in [0.3, 0.4) is 0 Å². The van der Waals surface area contributed by atoms with Gasteiger partial charge in [0.05, 0.1) is 7.11 Å². The van der Waals surface area contributed by atoms with Gasteiger partial charge in [0.1, 0.15) is 17.1 Å². The van der Waals surface area contributed by atoms with Crippen LogP contribution in [0.15, 0.2) is 18.2 Å². The molecule has 2 unspecified atom stereocenters. The van der Waals surface area contributed by atoms with E-state index in [4.69, 9.17) is 9.47 Å². The largest absolute Gasteiger partial charge is 0.497 e. The minimum atomic E-state index is 0.00331. The zero-order chi connectivity index (χ0) is 13.7. The quantitative estimate of drug-likeness (QED) is 0.753. The molecule has 0 N–H and O–H groups in total. The number of rotatable bonds is 1. The van der Waals surface area contributed by atoms with Crippen LogP contribution in [-0.2, 0) is 6.42 Å². The second-order valence-electron chi connectivity index (χ2n) is 6.99. The maximum absolute atomic E-state index is 6.40. The first-order chi connectivity index (χ1) is 8.94. The molecule has 0 spiro atoms. The summed E-state index contributed by atoms with van der Waals surface area (Å²) in [6.07, 6.45) is 4.85. The van der Waals surface area contributed by atoms with Crippen molar-refractivity contribution in [3.8, 4) is 11.5 Å². The van der Waals surface area contributed by atoms with Crippen molar-refractivity contribution in [3.63, 3.8) is 0 Å². The lowest BCUT2D eigenvalue weighted by Gasteiger charge is -2.53. The fraction of sp³-hybridized carbons (Fsp3) is 0.647. The van der Waals surface area contributed by atoms with Gasteiger partial charge in [0.15, 0.2) is 0 Å². The Morgan fingerprint density at radius 3 is 2.74 bits per heavy atom. The van der Waals surface area contributed by atoms with Crippen LogP contribution in [0.25, 0.3) is 0 Å². The molecule has 0 amide bonds. The third-order valence-electron chi connectivity index (χ3n) is 5.21. The third kappa shape index (κ3) is 2.01. The Morgan fingerprint density at radius 2 is 2.00 bits per heavy atom. The van der Waals surface area contributed by atoms with Crippen molar-refractivity contribution >= 4 is 0 Å². The first-order valence-electron chi connectivity index (χ1n) is 7.30. The average Bonchev–Trinajstić information content (AvgIpc) is 2.36. The molecule has 0 bridgehead atoms. The van der Waals surface area contributed by atoms with Gasteiger partial charge in [-0.3, -0.25) is 0 Å². The lowest BCUT2D eigenvalue weighted by Crippen LogP contribution is -2.53. The molecule has 1 saturated carbocycles. The minimum absolute atomic E-state index is 0.00331. The van der Waals surface area contributed by atoms with Crippen LogP contribution < -0.4 is 9.47 Å². The number of fused-ring (bicyclic) bond motifs is 2. The Hall–Kier alpha value is -1.18. The Bertz CT molecular complexity index is 492. The zero-order valence-corrected chi connectivity index (χ0v) is 12.5. The topological polar surface area (TPSA) is 18.5 Å². The first-order valence-corrected chi connectivity index (χ1v) is 7.30. The molecule has 2 heteroatoms. The summed E-state index contributed by atoms with van der Waals surface area (Å²) in [7, 11) is 1.72. The molecular weight excluding hydrogens is 236 g/mol. The Kier molecular flexibility index (Phi) is 2.81. The van der Waals surface area contributed by atoms with Crippen LogP contribution in [0, 0.1) is 11.3 Å². The molecule has 1 aromatic rings. The van der Waals surface area contributed by atoms with Crippen molar-refractivity contribution in [3.05, 3.63) is 23.8 Å². The molecule has 2 atom stereocenters. The molecule has 104 valence electrons. The van der Waals surface area contributed by atoms with E-state index in [-0.39, 0.29) is 5.60 Å². The Balaban J connectivity index is 2.01. The third-order valence-corrected chi connectivity index (χ3v) is 5.21. The van der Waals surface area contributed by atoms with E-state index in [1.807, 2.05) is 6.07 Å². The normalized spacial score (nSPS) is 31.9. The number of hydrogen-bond donors (Lipinski definition) is 0. The number of ether oxygens (including phenoxy) is 2. The monoisotopic (exact) mass is 260 g/mol. The summed E-state index contributed by atoms with van der Waals surface area (Å²) < 4.78 is 11.7. The van der Waals surface area contributed by atoms with Gasteiger partial charge in [-0.2, -0.15) is 0 Å². The molecule has 0 saturated heterocycles. The molecule has 2 aliphatic rings. The van der Waals surface area contributed by atoms with Crippen molar-refractivity contribution in [1.82, 2.24) is 0 Å². The highest BCUT2D eigenvalue weighted by molar-refractivity contribution is 5.43. The van der Waals surface area contributed by atoms with Crippen molar-refractivity contribution in [2.24, 2.45) is 11.3 Å². The molecule has 1 fully saturated rings. The summed E-state index contributed by atoms with van der Waals surface area (Å²) in [5.74, 6) is 2.57. The predicted octanol–water partition coefficient (Wildman–Crippen LogP) is 4.22. The van der Waals surface area contributed by atoms with E-state index < -0.39 is 0 Å². The standard InChI is InChI=1S/C17H24O2/c1-16(2)8-5-9-17(3)15(16)11-12-10-13(18-4)6-7-14(12)19-17/h6-7,10,15H,5,8-9,11H2,1-4H3. The van der Waals surface area contributed by atoms with Gasteiger partial charge in [-0.25, -0.2) is 0 Å². The van der Waals surface area contributed by atoms with E-state index in [1.165, 1.54) is 24.8 Å². The van der Waals surface area contributed by atoms with Crippen LogP contribution in [-0.4, -0.2) is 12.7 Å². The number of benzene rings is 1. The van der Waals surface area contributed by atoms with Gasteiger partial charge in [-0.1, -0.05) is 13.8 Å².